The van der Waals surface area contributed by atoms with E-state index in [4.69, 9.17) is 4.79 Å². The van der Waals surface area contributed by atoms with Crippen molar-refractivity contribution in [2.75, 3.05) is 6.26 Å². The molecule has 0 aliphatic rings. The Morgan fingerprint density at radius 2 is 2.00 bits per heavy atom. The van der Waals surface area contributed by atoms with E-state index in [-0.39, 0.29) is 0 Å². The first-order chi connectivity index (χ1) is 6.77. The predicted molar refractivity (Wildman–Crippen MR) is 59.1 cm³/mol. The highest BCUT2D eigenvalue weighted by molar-refractivity contribution is 7.86. The zero-order chi connectivity index (χ0) is 10.6. The molecule has 0 bridgehead atoms. The third-order valence-corrected chi connectivity index (χ3v) is 3.89. The van der Waals surface area contributed by atoms with Gasteiger partial charge in [0, 0.05) is 6.26 Å². The number of hydrogen-bond acceptors (Lipinski definition) is 4. The Hall–Kier alpha value is -1.07. The number of rotatable bonds is 1. The normalized spacial score (nSPS) is 11.8. The number of benzene rings is 1. The van der Waals surface area contributed by atoms with E-state index < -0.39 is 10.8 Å². The lowest BCUT2D eigenvalue weighted by atomic mass is 10.3. The molecule has 1 aromatic heterocycles. The standard InChI is InChI=1S/C8H7NOS2.CH2O/c1-12(10)8-9-6-4-2-3-5-7(6)11-8;1-2/h2-5H,1H3;1H2. The number of nitrogens with zero attached hydrogens (tertiary/aromatic N) is 1. The highest BCUT2D eigenvalue weighted by atomic mass is 32.2. The summed E-state index contributed by atoms with van der Waals surface area (Å²) in [6, 6.07) is 7.82. The second-order valence-electron chi connectivity index (χ2n) is 2.40. The van der Waals surface area contributed by atoms with Crippen LogP contribution in [0.5, 0.6) is 0 Å². The van der Waals surface area contributed by atoms with Crippen LogP contribution in [0.4, 0.5) is 0 Å². The molecule has 1 heterocycles. The monoisotopic (exact) mass is 227 g/mol. The minimum Gasteiger partial charge on any atom is -0.307 e. The van der Waals surface area contributed by atoms with Crippen LogP contribution in [0.2, 0.25) is 0 Å². The molecule has 1 unspecified atom stereocenters. The summed E-state index contributed by atoms with van der Waals surface area (Å²) in [5.74, 6) is 0. The lowest BCUT2D eigenvalue weighted by molar-refractivity contribution is -0.0979. The molecule has 0 radical (unpaired) electrons. The average Bonchev–Trinajstić information content (AvgIpc) is 2.64. The minimum atomic E-state index is -0.954. The van der Waals surface area contributed by atoms with Gasteiger partial charge < -0.3 is 4.79 Å². The van der Waals surface area contributed by atoms with Gasteiger partial charge >= 0.3 is 0 Å². The van der Waals surface area contributed by atoms with E-state index in [1.54, 1.807) is 6.26 Å². The Kier molecular flexibility index (Phi) is 3.91. The van der Waals surface area contributed by atoms with Gasteiger partial charge in [0.1, 0.15) is 6.79 Å². The van der Waals surface area contributed by atoms with E-state index >= 15 is 0 Å². The molecule has 1 atom stereocenters. The van der Waals surface area contributed by atoms with E-state index in [0.29, 0.717) is 4.34 Å². The van der Waals surface area contributed by atoms with Gasteiger partial charge in [0.25, 0.3) is 0 Å². The van der Waals surface area contributed by atoms with Crippen molar-refractivity contribution >= 4 is 39.1 Å². The fourth-order valence-corrected chi connectivity index (χ4v) is 2.64. The number of thiazole rings is 1. The van der Waals surface area contributed by atoms with Crippen LogP contribution in [-0.4, -0.2) is 22.2 Å². The molecule has 0 amide bonds. The number of fused-ring (bicyclic) bond motifs is 1. The molecular formula is C9H9NO2S2. The van der Waals surface area contributed by atoms with E-state index in [1.165, 1.54) is 11.3 Å². The highest BCUT2D eigenvalue weighted by Gasteiger charge is 2.04. The van der Waals surface area contributed by atoms with Crippen LogP contribution in [0.3, 0.4) is 0 Å². The Labute approximate surface area is 88.2 Å². The van der Waals surface area contributed by atoms with Crippen molar-refractivity contribution in [2.45, 2.75) is 4.34 Å². The summed E-state index contributed by atoms with van der Waals surface area (Å²) in [5, 5.41) is 0. The zero-order valence-corrected chi connectivity index (χ0v) is 9.23. The summed E-state index contributed by atoms with van der Waals surface area (Å²) in [4.78, 5) is 12.2. The highest BCUT2D eigenvalue weighted by Crippen LogP contribution is 2.22. The Bertz CT molecular complexity index is 420. The van der Waals surface area contributed by atoms with Gasteiger partial charge in [0.15, 0.2) is 4.34 Å². The van der Waals surface area contributed by atoms with Gasteiger partial charge in [-0.05, 0) is 12.1 Å². The molecule has 1 aromatic carbocycles. The summed E-state index contributed by atoms with van der Waals surface area (Å²) in [7, 11) is -0.954. The molecule has 74 valence electrons. The maximum Gasteiger partial charge on any atom is 0.181 e. The summed E-state index contributed by atoms with van der Waals surface area (Å²) in [5.41, 5.74) is 0.938. The van der Waals surface area contributed by atoms with Crippen LogP contribution in [0.1, 0.15) is 0 Å². The third kappa shape index (κ3) is 2.24. The first-order valence-electron chi connectivity index (χ1n) is 3.75. The van der Waals surface area contributed by atoms with Crippen molar-refractivity contribution in [3.63, 3.8) is 0 Å². The van der Waals surface area contributed by atoms with Gasteiger partial charge in [0.05, 0.1) is 21.0 Å². The van der Waals surface area contributed by atoms with Crippen molar-refractivity contribution in [3.05, 3.63) is 24.3 Å². The van der Waals surface area contributed by atoms with Gasteiger partial charge in [-0.1, -0.05) is 12.1 Å². The van der Waals surface area contributed by atoms with Gasteiger partial charge in [0.2, 0.25) is 0 Å². The molecule has 14 heavy (non-hydrogen) atoms. The van der Waals surface area contributed by atoms with Crippen LogP contribution >= 0.6 is 11.3 Å². The third-order valence-electron chi connectivity index (χ3n) is 1.52. The maximum absolute atomic E-state index is 11.1. The molecule has 0 saturated heterocycles. The fraction of sp³-hybridized carbons (Fsp3) is 0.111. The smallest absolute Gasteiger partial charge is 0.181 e. The number of carbonyl (C=O) groups excluding carboxylic acids is 1. The van der Waals surface area contributed by atoms with Crippen LogP contribution in [0.25, 0.3) is 10.2 Å². The van der Waals surface area contributed by atoms with Crippen LogP contribution < -0.4 is 0 Å². The zero-order valence-electron chi connectivity index (χ0n) is 7.60. The summed E-state index contributed by atoms with van der Waals surface area (Å²) >= 11 is 1.49. The molecule has 0 spiro atoms. The van der Waals surface area contributed by atoms with E-state index in [2.05, 4.69) is 4.98 Å². The number of para-hydroxylation sites is 1. The van der Waals surface area contributed by atoms with Crippen molar-refractivity contribution in [1.29, 1.82) is 0 Å². The van der Waals surface area contributed by atoms with E-state index in [1.807, 2.05) is 31.1 Å². The van der Waals surface area contributed by atoms with E-state index in [9.17, 15) is 4.21 Å². The van der Waals surface area contributed by atoms with Crippen molar-refractivity contribution in [2.24, 2.45) is 0 Å². The van der Waals surface area contributed by atoms with Crippen molar-refractivity contribution in [1.82, 2.24) is 4.98 Å². The molecule has 5 heteroatoms. The Balaban J connectivity index is 0.000000461. The fourth-order valence-electron chi connectivity index (χ4n) is 0.974. The predicted octanol–water partition coefficient (Wildman–Crippen LogP) is 1.85. The summed E-state index contributed by atoms with van der Waals surface area (Å²) in [6.45, 7) is 2.00. The SMILES string of the molecule is C=O.CS(=O)c1nc2ccccc2s1. The van der Waals surface area contributed by atoms with Crippen molar-refractivity contribution in [3.8, 4) is 0 Å². The molecule has 0 saturated carbocycles. The molecule has 0 fully saturated rings. The summed E-state index contributed by atoms with van der Waals surface area (Å²) in [6.07, 6.45) is 1.65. The average molecular weight is 227 g/mol. The van der Waals surface area contributed by atoms with Crippen LogP contribution in [-0.2, 0) is 15.6 Å². The molecule has 0 aliphatic heterocycles. The lowest BCUT2D eigenvalue weighted by Crippen LogP contribution is -1.83. The van der Waals surface area contributed by atoms with Crippen LogP contribution in [0.15, 0.2) is 28.6 Å². The topological polar surface area (TPSA) is 47.0 Å². The number of hydrogen-bond donors (Lipinski definition) is 0. The molecule has 0 N–H and O–H groups in total. The van der Waals surface area contributed by atoms with E-state index in [0.717, 1.165) is 10.2 Å². The second kappa shape index (κ2) is 4.97. The lowest BCUT2D eigenvalue weighted by Gasteiger charge is -1.81. The van der Waals surface area contributed by atoms with Gasteiger partial charge in [-0.3, -0.25) is 4.21 Å². The largest absolute Gasteiger partial charge is 0.307 e. The Morgan fingerprint density at radius 1 is 1.36 bits per heavy atom. The maximum atomic E-state index is 11.1. The summed E-state index contributed by atoms with van der Waals surface area (Å²) < 4.78 is 12.9. The molecule has 0 aliphatic carbocycles. The molecule has 2 aromatic rings. The molecule has 3 nitrogen and oxygen atoms in total. The van der Waals surface area contributed by atoms with Gasteiger partial charge in [-0.2, -0.15) is 0 Å². The number of carbonyl (C=O) groups is 1. The Morgan fingerprint density at radius 3 is 2.57 bits per heavy atom. The molecule has 2 rings (SSSR count). The quantitative estimate of drug-likeness (QED) is 0.747. The van der Waals surface area contributed by atoms with Gasteiger partial charge in [-0.25, -0.2) is 4.98 Å². The first kappa shape index (κ1) is 11.0. The second-order valence-corrected chi connectivity index (χ2v) is 4.99. The van der Waals surface area contributed by atoms with Crippen LogP contribution in [0, 0.1) is 0 Å². The number of aromatic nitrogens is 1. The molecular weight excluding hydrogens is 218 g/mol. The van der Waals surface area contributed by atoms with Gasteiger partial charge in [-0.15, -0.1) is 11.3 Å². The first-order valence-corrected chi connectivity index (χ1v) is 6.13. The van der Waals surface area contributed by atoms with Crippen molar-refractivity contribution < 1.29 is 9.00 Å². The minimum absolute atomic E-state index is 0.705.